The van der Waals surface area contributed by atoms with Crippen molar-refractivity contribution in [2.75, 3.05) is 12.4 Å². The second kappa shape index (κ2) is 9.38. The first-order valence-corrected chi connectivity index (χ1v) is 11.0. The lowest BCUT2D eigenvalue weighted by atomic mass is 10.0. The van der Waals surface area contributed by atoms with Gasteiger partial charge in [-0.05, 0) is 84.7 Å². The number of nitrogens with zero attached hydrogens (tertiary/aromatic N) is 3. The van der Waals surface area contributed by atoms with Gasteiger partial charge in [-0.1, -0.05) is 26.0 Å². The van der Waals surface area contributed by atoms with E-state index in [0.29, 0.717) is 17.0 Å². The summed E-state index contributed by atoms with van der Waals surface area (Å²) in [6.07, 6.45) is 0. The van der Waals surface area contributed by atoms with Crippen molar-refractivity contribution in [3.05, 3.63) is 77.4 Å². The van der Waals surface area contributed by atoms with Crippen LogP contribution in [0.3, 0.4) is 0 Å². The van der Waals surface area contributed by atoms with E-state index in [0.717, 1.165) is 28.2 Å². The monoisotopic (exact) mass is 459 g/mol. The van der Waals surface area contributed by atoms with E-state index in [1.807, 2.05) is 67.6 Å². The number of methoxy groups -OCH3 is 1. The molecule has 1 heterocycles. The Labute approximate surface area is 197 Å². The average molecular weight is 460 g/mol. The van der Waals surface area contributed by atoms with Crippen molar-refractivity contribution in [1.29, 1.82) is 0 Å². The molecule has 8 heteroatoms. The molecule has 0 aliphatic rings. The normalized spacial score (nSPS) is 10.9. The maximum absolute atomic E-state index is 12.6. The molecular weight excluding hydrogens is 434 g/mol. The van der Waals surface area contributed by atoms with Gasteiger partial charge in [0.1, 0.15) is 16.8 Å². The summed E-state index contributed by atoms with van der Waals surface area (Å²) in [6, 6.07) is 18.8. The summed E-state index contributed by atoms with van der Waals surface area (Å²) in [5.74, 6) is 0.918. The average Bonchev–Trinajstić information content (AvgIpc) is 3.22. The van der Waals surface area contributed by atoms with Crippen LogP contribution in [0.15, 0.2) is 60.7 Å². The standard InChI is InChI=1S/C25H25N5O2S/c1-15(2)17-5-7-18(8-6-17)24(31)27-25(33)26-21-14-23-22(13-16(21)3)28-30(29-23)19-9-11-20(32-4)12-10-19/h5-15H,1-4H3,(H2,26,27,31,33). The van der Waals surface area contributed by atoms with Crippen LogP contribution in [-0.2, 0) is 0 Å². The molecule has 4 aromatic rings. The summed E-state index contributed by atoms with van der Waals surface area (Å²) in [5.41, 5.74) is 5.71. The van der Waals surface area contributed by atoms with Crippen LogP contribution in [0.4, 0.5) is 5.69 Å². The van der Waals surface area contributed by atoms with Gasteiger partial charge in [0.2, 0.25) is 0 Å². The highest BCUT2D eigenvalue weighted by atomic mass is 32.1. The first-order valence-electron chi connectivity index (χ1n) is 10.6. The Hall–Kier alpha value is -3.78. The van der Waals surface area contributed by atoms with Gasteiger partial charge in [-0.25, -0.2) is 0 Å². The van der Waals surface area contributed by atoms with Crippen LogP contribution >= 0.6 is 12.2 Å². The third-order valence-corrected chi connectivity index (χ3v) is 5.55. The SMILES string of the molecule is COc1ccc(-n2nc3cc(C)c(NC(=S)NC(=O)c4ccc(C(C)C)cc4)cc3n2)cc1. The van der Waals surface area contributed by atoms with E-state index in [9.17, 15) is 4.79 Å². The smallest absolute Gasteiger partial charge is 0.257 e. The van der Waals surface area contributed by atoms with Crippen LogP contribution in [0.5, 0.6) is 5.75 Å². The zero-order valence-electron chi connectivity index (χ0n) is 18.9. The van der Waals surface area contributed by atoms with Crippen LogP contribution in [0, 0.1) is 6.92 Å². The Morgan fingerprint density at radius 3 is 2.24 bits per heavy atom. The van der Waals surface area contributed by atoms with E-state index in [-0.39, 0.29) is 11.0 Å². The minimum atomic E-state index is -0.257. The fraction of sp³-hybridized carbons (Fsp3) is 0.200. The first kappa shape index (κ1) is 22.4. The molecule has 33 heavy (non-hydrogen) atoms. The molecular formula is C25H25N5O2S. The van der Waals surface area contributed by atoms with E-state index in [1.165, 1.54) is 5.56 Å². The number of carbonyl (C=O) groups excluding carboxylic acids is 1. The third-order valence-electron chi connectivity index (χ3n) is 5.34. The summed E-state index contributed by atoms with van der Waals surface area (Å²) in [6.45, 7) is 6.18. The van der Waals surface area contributed by atoms with Gasteiger partial charge < -0.3 is 10.1 Å². The van der Waals surface area contributed by atoms with Crippen LogP contribution in [0.2, 0.25) is 0 Å². The number of hydrogen-bond acceptors (Lipinski definition) is 5. The highest BCUT2D eigenvalue weighted by Crippen LogP contribution is 2.23. The Morgan fingerprint density at radius 1 is 1.00 bits per heavy atom. The van der Waals surface area contributed by atoms with E-state index in [4.69, 9.17) is 17.0 Å². The van der Waals surface area contributed by atoms with Crippen LogP contribution < -0.4 is 15.4 Å². The second-order valence-electron chi connectivity index (χ2n) is 8.03. The minimum Gasteiger partial charge on any atom is -0.497 e. The predicted octanol–water partition coefficient (Wildman–Crippen LogP) is 4.99. The maximum atomic E-state index is 12.6. The summed E-state index contributed by atoms with van der Waals surface area (Å²) in [4.78, 5) is 14.1. The molecule has 0 spiro atoms. The van der Waals surface area contributed by atoms with Gasteiger partial charge in [0.15, 0.2) is 5.11 Å². The Kier molecular flexibility index (Phi) is 6.37. The Balaban J connectivity index is 1.48. The number of hydrogen-bond donors (Lipinski definition) is 2. The van der Waals surface area contributed by atoms with Crippen molar-refractivity contribution in [3.8, 4) is 11.4 Å². The molecule has 2 N–H and O–H groups in total. The van der Waals surface area contributed by atoms with E-state index >= 15 is 0 Å². The van der Waals surface area contributed by atoms with Crippen LogP contribution in [0.25, 0.3) is 16.7 Å². The molecule has 3 aromatic carbocycles. The Bertz CT molecular complexity index is 1310. The number of ether oxygens (including phenoxy) is 1. The molecule has 1 amide bonds. The van der Waals surface area contributed by atoms with Gasteiger partial charge in [0.25, 0.3) is 5.91 Å². The molecule has 0 bridgehead atoms. The largest absolute Gasteiger partial charge is 0.497 e. The highest BCUT2D eigenvalue weighted by Gasteiger charge is 2.12. The Morgan fingerprint density at radius 2 is 1.64 bits per heavy atom. The molecule has 0 aliphatic carbocycles. The quantitative estimate of drug-likeness (QED) is 0.409. The number of aromatic nitrogens is 3. The molecule has 0 unspecified atom stereocenters. The van der Waals surface area contributed by atoms with E-state index in [2.05, 4.69) is 34.7 Å². The molecule has 168 valence electrons. The van der Waals surface area contributed by atoms with Crippen molar-refractivity contribution < 1.29 is 9.53 Å². The molecule has 0 fully saturated rings. The van der Waals surface area contributed by atoms with Gasteiger partial charge in [-0.15, -0.1) is 10.2 Å². The molecule has 7 nitrogen and oxygen atoms in total. The van der Waals surface area contributed by atoms with Gasteiger partial charge in [0, 0.05) is 11.3 Å². The number of carbonyl (C=O) groups is 1. The van der Waals surface area contributed by atoms with Crippen molar-refractivity contribution >= 4 is 40.0 Å². The molecule has 1 aromatic heterocycles. The molecule has 0 saturated heterocycles. The lowest BCUT2D eigenvalue weighted by molar-refractivity contribution is 0.0977. The van der Waals surface area contributed by atoms with Gasteiger partial charge >= 0.3 is 0 Å². The predicted molar refractivity (Wildman–Crippen MR) is 134 cm³/mol. The minimum absolute atomic E-state index is 0.220. The molecule has 0 aliphatic heterocycles. The second-order valence-corrected chi connectivity index (χ2v) is 8.44. The van der Waals surface area contributed by atoms with E-state index in [1.54, 1.807) is 11.9 Å². The highest BCUT2D eigenvalue weighted by molar-refractivity contribution is 7.80. The lowest BCUT2D eigenvalue weighted by Gasteiger charge is -2.12. The topological polar surface area (TPSA) is 81.1 Å². The molecule has 4 rings (SSSR count). The number of thiocarbonyl (C=S) groups is 1. The number of anilines is 1. The summed E-state index contributed by atoms with van der Waals surface area (Å²) in [7, 11) is 1.63. The zero-order chi connectivity index (χ0) is 23.5. The maximum Gasteiger partial charge on any atom is 0.257 e. The number of nitrogens with one attached hydrogen (secondary N) is 2. The van der Waals surface area contributed by atoms with Crippen molar-refractivity contribution in [3.63, 3.8) is 0 Å². The fourth-order valence-corrected chi connectivity index (χ4v) is 3.58. The number of fused-ring (bicyclic) bond motifs is 1. The van der Waals surface area contributed by atoms with Gasteiger partial charge in [-0.2, -0.15) is 4.80 Å². The van der Waals surface area contributed by atoms with Gasteiger partial charge in [0.05, 0.1) is 12.8 Å². The summed E-state index contributed by atoms with van der Waals surface area (Å²) in [5, 5.41) is 15.2. The molecule has 0 atom stereocenters. The number of amides is 1. The van der Waals surface area contributed by atoms with Gasteiger partial charge in [-0.3, -0.25) is 10.1 Å². The lowest BCUT2D eigenvalue weighted by Crippen LogP contribution is -2.34. The summed E-state index contributed by atoms with van der Waals surface area (Å²) >= 11 is 5.37. The van der Waals surface area contributed by atoms with Crippen molar-refractivity contribution in [2.24, 2.45) is 0 Å². The third kappa shape index (κ3) is 5.01. The number of benzene rings is 3. The van der Waals surface area contributed by atoms with E-state index < -0.39 is 0 Å². The first-order chi connectivity index (χ1) is 15.8. The number of rotatable bonds is 5. The fourth-order valence-electron chi connectivity index (χ4n) is 3.38. The molecule has 0 saturated carbocycles. The van der Waals surface area contributed by atoms with Crippen LogP contribution in [0.1, 0.15) is 41.3 Å². The van der Waals surface area contributed by atoms with Crippen molar-refractivity contribution in [2.45, 2.75) is 26.7 Å². The summed E-state index contributed by atoms with van der Waals surface area (Å²) < 4.78 is 5.20. The zero-order valence-corrected chi connectivity index (χ0v) is 19.7. The molecule has 0 radical (unpaired) electrons. The van der Waals surface area contributed by atoms with Crippen LogP contribution in [-0.4, -0.2) is 33.1 Å². The number of aryl methyl sites for hydroxylation is 1. The van der Waals surface area contributed by atoms with Crippen molar-refractivity contribution in [1.82, 2.24) is 20.3 Å².